The summed E-state index contributed by atoms with van der Waals surface area (Å²) < 4.78 is 87.0. The molecule has 40 atom stereocenters. The maximum atomic E-state index is 12.7. The van der Waals surface area contributed by atoms with Crippen LogP contribution in [0, 0.1) is 0 Å². The van der Waals surface area contributed by atoms with Crippen LogP contribution in [-0.2, 0) is 80.6 Å². The number of aliphatic hydroxyl groups excluding tert-OH is 24. The van der Waals surface area contributed by atoms with Gasteiger partial charge in [0.25, 0.3) is 0 Å². The fourth-order valence-electron chi connectivity index (χ4n) is 12.1. The third-order valence-electron chi connectivity index (χ3n) is 17.4. The van der Waals surface area contributed by atoms with Gasteiger partial charge in [-0.05, 0) is 0 Å². The molecule has 43 heteroatoms. The minimum atomic E-state index is -2.49. The standard InChI is InChI=1S/C52H88N2O41/c1-11(62)53-21-29(70)39(18(8-60)82-45(21)80)90-46-22(54-12(2)63)30(71)40(19(9-61)88-46)91-49-38(79)41(28(69)17(7-59)85-49)92-52-44(95-51-43(34(75)26(67)16(6-58)87-51)94-48-37(78)32(73)24(65)14(4-56)84-48)35(76)27(68)20(89-52)10-81-50-42(33(74)25(66)15(5-57)86-50)93-47-36(77)31(72)23(64)13(3-55)83-47/h13-52,55-61,64-80H,3-10H2,1-2H3,(H,53,62)(H,54,63)/t13-,14-,15-,16-,17-,18-,19-,20-,21-,22-,23-,24-,25-,26-,27-,28-,29-,30-,31+,32+,33+,34+,35+,36+,37+,38+,39-,40-,41+,42+,43+,44+,45-,46+,47-,48+,49+,50+,51-,52-/m1/s1. The Labute approximate surface area is 536 Å². The van der Waals surface area contributed by atoms with E-state index in [4.69, 9.17) is 71.1 Å². The molecule has 95 heavy (non-hydrogen) atoms. The van der Waals surface area contributed by atoms with Gasteiger partial charge in [-0.3, -0.25) is 9.59 Å². The summed E-state index contributed by atoms with van der Waals surface area (Å²) in [5.41, 5.74) is 0. The lowest BCUT2D eigenvalue weighted by atomic mass is 9.94. The van der Waals surface area contributed by atoms with Crippen LogP contribution in [0.4, 0.5) is 0 Å². The maximum absolute atomic E-state index is 12.7. The van der Waals surface area contributed by atoms with E-state index >= 15 is 0 Å². The van der Waals surface area contributed by atoms with Crippen LogP contribution in [0.1, 0.15) is 13.8 Å². The van der Waals surface area contributed by atoms with Crippen LogP contribution >= 0.6 is 0 Å². The molecule has 552 valence electrons. The van der Waals surface area contributed by atoms with Crippen LogP contribution < -0.4 is 10.6 Å². The minimum absolute atomic E-state index is 0.752. The summed E-state index contributed by atoms with van der Waals surface area (Å²) in [4.78, 5) is 24.7. The highest BCUT2D eigenvalue weighted by atomic mass is 16.8. The van der Waals surface area contributed by atoms with Crippen molar-refractivity contribution < 1.29 is 203 Å². The van der Waals surface area contributed by atoms with Crippen molar-refractivity contribution in [1.29, 1.82) is 0 Å². The van der Waals surface area contributed by atoms with Gasteiger partial charge in [0, 0.05) is 13.8 Å². The number of nitrogens with one attached hydrogen (secondary N) is 2. The second-order valence-corrected chi connectivity index (χ2v) is 23.9. The van der Waals surface area contributed by atoms with Crippen molar-refractivity contribution in [1.82, 2.24) is 10.6 Å². The van der Waals surface area contributed by atoms with E-state index in [1.807, 2.05) is 0 Å². The molecule has 8 aliphatic rings. The predicted octanol–water partition coefficient (Wildman–Crippen LogP) is -18.2. The van der Waals surface area contributed by atoms with Crippen molar-refractivity contribution in [3.8, 4) is 0 Å². The van der Waals surface area contributed by atoms with Crippen LogP contribution in [0.25, 0.3) is 0 Å². The van der Waals surface area contributed by atoms with Crippen molar-refractivity contribution in [2.45, 2.75) is 259 Å². The number of amides is 2. The lowest BCUT2D eigenvalue weighted by Gasteiger charge is -2.51. The fraction of sp³-hybridized carbons (Fsp3) is 0.962. The molecule has 0 aromatic carbocycles. The number of rotatable bonds is 24. The molecule has 8 rings (SSSR count). The lowest BCUT2D eigenvalue weighted by molar-refractivity contribution is -0.409. The zero-order valence-electron chi connectivity index (χ0n) is 50.4. The molecule has 0 aliphatic carbocycles. The first kappa shape index (κ1) is 78.1. The Morgan fingerprint density at radius 3 is 1.01 bits per heavy atom. The zero-order valence-corrected chi connectivity index (χ0v) is 50.4. The molecular formula is C52H88N2O41. The van der Waals surface area contributed by atoms with E-state index in [0.717, 1.165) is 13.8 Å². The molecular weight excluding hydrogens is 1310 g/mol. The summed E-state index contributed by atoms with van der Waals surface area (Å²) in [6, 6.07) is -3.41. The van der Waals surface area contributed by atoms with Gasteiger partial charge < -0.3 is 204 Å². The Kier molecular flexibility index (Phi) is 27.9. The van der Waals surface area contributed by atoms with Crippen molar-refractivity contribution in [2.75, 3.05) is 52.9 Å². The normalized spacial score (nSPS) is 50.8. The van der Waals surface area contributed by atoms with E-state index in [1.165, 1.54) is 0 Å². The van der Waals surface area contributed by atoms with E-state index in [2.05, 4.69) is 10.6 Å². The molecule has 0 radical (unpaired) electrons. The van der Waals surface area contributed by atoms with Crippen molar-refractivity contribution >= 4 is 11.8 Å². The van der Waals surface area contributed by atoms with Gasteiger partial charge in [-0.15, -0.1) is 0 Å². The average molecular weight is 1400 g/mol. The Morgan fingerprint density at radius 2 is 0.568 bits per heavy atom. The number of aliphatic hydroxyl groups is 24. The second kappa shape index (κ2) is 33.9. The fourth-order valence-corrected chi connectivity index (χ4v) is 12.1. The Bertz CT molecular complexity index is 2380. The first-order valence-electron chi connectivity index (χ1n) is 30.1. The summed E-state index contributed by atoms with van der Waals surface area (Å²) >= 11 is 0. The monoisotopic (exact) mass is 1400 g/mol. The lowest BCUT2D eigenvalue weighted by Crippen LogP contribution is -2.70. The Balaban J connectivity index is 1.11. The number of carbonyl (C=O) groups excluding carboxylic acids is 2. The first-order chi connectivity index (χ1) is 45.0. The van der Waals surface area contributed by atoms with Crippen molar-refractivity contribution in [2.24, 2.45) is 0 Å². The first-order valence-corrected chi connectivity index (χ1v) is 30.1. The molecule has 26 N–H and O–H groups in total. The molecule has 0 aromatic heterocycles. The van der Waals surface area contributed by atoms with Crippen molar-refractivity contribution in [3.05, 3.63) is 0 Å². The van der Waals surface area contributed by atoms with Gasteiger partial charge in [0.05, 0.1) is 52.9 Å². The summed E-state index contributed by atoms with van der Waals surface area (Å²) in [5, 5.41) is 267. The highest BCUT2D eigenvalue weighted by molar-refractivity contribution is 5.73. The van der Waals surface area contributed by atoms with E-state index < -0.39 is 310 Å². The Hall–Kier alpha value is -2.62. The average Bonchev–Trinajstić information content (AvgIpc) is 0.777. The van der Waals surface area contributed by atoms with Crippen LogP contribution in [0.2, 0.25) is 0 Å². The van der Waals surface area contributed by atoms with Gasteiger partial charge in [-0.2, -0.15) is 0 Å². The molecule has 8 fully saturated rings. The summed E-state index contributed by atoms with van der Waals surface area (Å²) in [7, 11) is 0. The maximum Gasteiger partial charge on any atom is 0.217 e. The molecule has 8 aliphatic heterocycles. The van der Waals surface area contributed by atoms with E-state index in [1.54, 1.807) is 0 Å². The molecule has 0 saturated carbocycles. The number of hydrogen-bond acceptors (Lipinski definition) is 41. The van der Waals surface area contributed by atoms with Gasteiger partial charge in [0.1, 0.15) is 195 Å². The molecule has 0 spiro atoms. The van der Waals surface area contributed by atoms with Crippen LogP contribution in [0.5, 0.6) is 0 Å². The SMILES string of the molecule is CC(=O)N[C@@H]1[C@@H](O)[C@H](O[C@@H]2O[C@H](CO)[C@@H](O[C@@H]3O[C@H](CO)[C@@H](O)[C@H](O[C@H]4O[C@H](CO[C@H]5O[C@H](CO)[C@@H](O)[C@H](O)[C@@H]5O[C@H]5O[C@H](CO)[C@@H](O)[C@H](O)[C@@H]5O)[C@@H](O)[C@H](O)[C@@H]4O[C@H]4O[C@H](CO)[C@@H](O)[C@H](O)[C@@H]4O[C@@H]4O[C@H](CO)[C@@H](O)[C@H](O)[C@@H]4O)[C@@H]3O)[C@H](O)[C@H]2NC(C)=O)[C@@H](CO)O[C@H]1O. The largest absolute Gasteiger partial charge is 0.394 e. The number of ether oxygens (including phenoxy) is 15. The van der Waals surface area contributed by atoms with Gasteiger partial charge >= 0.3 is 0 Å². The number of hydrogen-bond donors (Lipinski definition) is 26. The smallest absolute Gasteiger partial charge is 0.217 e. The van der Waals surface area contributed by atoms with E-state index in [9.17, 15) is 132 Å². The Morgan fingerprint density at radius 1 is 0.274 bits per heavy atom. The molecule has 0 unspecified atom stereocenters. The molecule has 2 amide bonds. The van der Waals surface area contributed by atoms with E-state index in [0.29, 0.717) is 0 Å². The highest BCUT2D eigenvalue weighted by Crippen LogP contribution is 2.39. The second-order valence-electron chi connectivity index (χ2n) is 23.9. The predicted molar refractivity (Wildman–Crippen MR) is 288 cm³/mol. The highest BCUT2D eigenvalue weighted by Gasteiger charge is 2.60. The molecule has 8 saturated heterocycles. The molecule has 0 aromatic rings. The summed E-state index contributed by atoms with van der Waals surface area (Å²) in [5.74, 6) is -1.64. The topological polar surface area (TPSA) is 682 Å². The van der Waals surface area contributed by atoms with Gasteiger partial charge in [0.2, 0.25) is 11.8 Å². The minimum Gasteiger partial charge on any atom is -0.394 e. The van der Waals surface area contributed by atoms with E-state index in [-0.39, 0.29) is 0 Å². The van der Waals surface area contributed by atoms with Crippen molar-refractivity contribution in [3.63, 3.8) is 0 Å². The van der Waals surface area contributed by atoms with Crippen LogP contribution in [-0.4, -0.2) is 433 Å². The van der Waals surface area contributed by atoms with Gasteiger partial charge in [-0.1, -0.05) is 0 Å². The van der Waals surface area contributed by atoms with Gasteiger partial charge in [0.15, 0.2) is 50.3 Å². The quantitative estimate of drug-likeness (QED) is 0.0427. The van der Waals surface area contributed by atoms with Crippen LogP contribution in [0.15, 0.2) is 0 Å². The zero-order chi connectivity index (χ0) is 69.9. The third-order valence-corrected chi connectivity index (χ3v) is 17.4. The molecule has 0 bridgehead atoms. The molecule has 43 nitrogen and oxygen atoms in total. The number of carbonyl (C=O) groups is 2. The summed E-state index contributed by atoms with van der Waals surface area (Å²) in [6.45, 7) is -6.42. The molecule has 8 heterocycles. The van der Waals surface area contributed by atoms with Gasteiger partial charge in [-0.25, -0.2) is 0 Å². The van der Waals surface area contributed by atoms with Crippen LogP contribution in [0.3, 0.4) is 0 Å². The third kappa shape index (κ3) is 16.8. The summed E-state index contributed by atoms with van der Waals surface area (Å²) in [6.07, 6.45) is -78.6.